The van der Waals surface area contributed by atoms with Crippen molar-refractivity contribution >= 4 is 5.91 Å². The largest absolute Gasteiger partial charge is 0.332 e. The lowest BCUT2D eigenvalue weighted by molar-refractivity contribution is 0.0596. The van der Waals surface area contributed by atoms with Crippen molar-refractivity contribution in [2.45, 2.75) is 25.9 Å². The van der Waals surface area contributed by atoms with Crippen LogP contribution in [0, 0.1) is 0 Å². The van der Waals surface area contributed by atoms with E-state index in [1.54, 1.807) is 12.4 Å². The second kappa shape index (κ2) is 4.57. The van der Waals surface area contributed by atoms with E-state index in [0.717, 1.165) is 13.1 Å². The van der Waals surface area contributed by atoms with Crippen LogP contribution in [-0.2, 0) is 0 Å². The molecule has 2 atom stereocenters. The van der Waals surface area contributed by atoms with Crippen molar-refractivity contribution in [1.82, 2.24) is 20.2 Å². The molecule has 2 heterocycles. The maximum absolute atomic E-state index is 12.2. The standard InChI is InChI=1S/C11H16N4O/c1-8-9(2)15(6-5-13-8)11(16)10-7-12-3-4-14-10/h3-4,7-9,13H,5-6H2,1-2H3. The fourth-order valence-electron chi connectivity index (χ4n) is 1.90. The van der Waals surface area contributed by atoms with Gasteiger partial charge >= 0.3 is 0 Å². The average molecular weight is 220 g/mol. The van der Waals surface area contributed by atoms with Crippen molar-refractivity contribution in [2.75, 3.05) is 13.1 Å². The molecule has 5 nitrogen and oxygen atoms in total. The first kappa shape index (κ1) is 11.0. The highest BCUT2D eigenvalue weighted by Crippen LogP contribution is 2.11. The Balaban J connectivity index is 2.15. The molecule has 2 rings (SSSR count). The summed E-state index contributed by atoms with van der Waals surface area (Å²) in [5.74, 6) is -0.0334. The van der Waals surface area contributed by atoms with Gasteiger partial charge in [-0.3, -0.25) is 9.78 Å². The van der Waals surface area contributed by atoms with Crippen molar-refractivity contribution in [2.24, 2.45) is 0 Å². The Bertz CT molecular complexity index is 368. The van der Waals surface area contributed by atoms with Gasteiger partial charge in [0.2, 0.25) is 0 Å². The number of rotatable bonds is 1. The van der Waals surface area contributed by atoms with Gasteiger partial charge in [0.15, 0.2) is 0 Å². The van der Waals surface area contributed by atoms with E-state index in [1.807, 2.05) is 11.8 Å². The Morgan fingerprint density at radius 1 is 1.50 bits per heavy atom. The van der Waals surface area contributed by atoms with Gasteiger partial charge in [-0.1, -0.05) is 0 Å². The number of aromatic nitrogens is 2. The molecule has 1 saturated heterocycles. The monoisotopic (exact) mass is 220 g/mol. The third kappa shape index (κ3) is 2.04. The molecule has 0 saturated carbocycles. The van der Waals surface area contributed by atoms with Gasteiger partial charge in [0.1, 0.15) is 5.69 Å². The maximum atomic E-state index is 12.2. The van der Waals surface area contributed by atoms with Crippen molar-refractivity contribution in [1.29, 1.82) is 0 Å². The molecule has 16 heavy (non-hydrogen) atoms. The zero-order valence-electron chi connectivity index (χ0n) is 9.55. The minimum Gasteiger partial charge on any atom is -0.332 e. The number of piperazine rings is 1. The number of hydrogen-bond donors (Lipinski definition) is 1. The maximum Gasteiger partial charge on any atom is 0.274 e. The Morgan fingerprint density at radius 3 is 3.00 bits per heavy atom. The van der Waals surface area contributed by atoms with Crippen LogP contribution in [0.1, 0.15) is 24.3 Å². The molecule has 2 unspecified atom stereocenters. The minimum absolute atomic E-state index is 0.0334. The number of nitrogens with one attached hydrogen (secondary N) is 1. The molecule has 1 aliphatic rings. The van der Waals surface area contributed by atoms with E-state index >= 15 is 0 Å². The highest BCUT2D eigenvalue weighted by Gasteiger charge is 2.29. The lowest BCUT2D eigenvalue weighted by Crippen LogP contribution is -2.57. The summed E-state index contributed by atoms with van der Waals surface area (Å²) >= 11 is 0. The molecule has 86 valence electrons. The third-order valence-electron chi connectivity index (χ3n) is 3.08. The van der Waals surface area contributed by atoms with Crippen LogP contribution in [0.15, 0.2) is 18.6 Å². The summed E-state index contributed by atoms with van der Waals surface area (Å²) in [5, 5.41) is 3.34. The molecule has 1 fully saturated rings. The summed E-state index contributed by atoms with van der Waals surface area (Å²) in [4.78, 5) is 22.0. The van der Waals surface area contributed by atoms with E-state index in [4.69, 9.17) is 0 Å². The summed E-state index contributed by atoms with van der Waals surface area (Å²) in [6.07, 6.45) is 4.63. The lowest BCUT2D eigenvalue weighted by atomic mass is 10.1. The zero-order chi connectivity index (χ0) is 11.5. The van der Waals surface area contributed by atoms with Crippen LogP contribution in [-0.4, -0.2) is 45.9 Å². The van der Waals surface area contributed by atoms with Crippen molar-refractivity contribution in [3.63, 3.8) is 0 Å². The number of carbonyl (C=O) groups is 1. The van der Waals surface area contributed by atoms with E-state index < -0.39 is 0 Å². The number of hydrogen-bond acceptors (Lipinski definition) is 4. The first-order valence-electron chi connectivity index (χ1n) is 5.50. The molecule has 1 aliphatic heterocycles. The van der Waals surface area contributed by atoms with Gasteiger partial charge in [-0.25, -0.2) is 4.98 Å². The topological polar surface area (TPSA) is 58.1 Å². The molecule has 0 aliphatic carbocycles. The highest BCUT2D eigenvalue weighted by molar-refractivity contribution is 5.92. The van der Waals surface area contributed by atoms with Gasteiger partial charge in [-0.05, 0) is 13.8 Å². The molecule has 5 heteroatoms. The summed E-state index contributed by atoms with van der Waals surface area (Å²) < 4.78 is 0. The molecular weight excluding hydrogens is 204 g/mol. The summed E-state index contributed by atoms with van der Waals surface area (Å²) in [6.45, 7) is 5.68. The fourth-order valence-corrected chi connectivity index (χ4v) is 1.90. The molecule has 1 N–H and O–H groups in total. The van der Waals surface area contributed by atoms with E-state index in [0.29, 0.717) is 11.7 Å². The first-order chi connectivity index (χ1) is 7.70. The van der Waals surface area contributed by atoms with Gasteiger partial charge in [0.05, 0.1) is 6.20 Å². The average Bonchev–Trinajstić information content (AvgIpc) is 2.33. The highest BCUT2D eigenvalue weighted by atomic mass is 16.2. The molecule has 1 aromatic rings. The minimum atomic E-state index is -0.0334. The molecule has 0 radical (unpaired) electrons. The van der Waals surface area contributed by atoms with E-state index in [1.165, 1.54) is 6.20 Å². The molecule has 0 spiro atoms. The molecule has 0 aromatic carbocycles. The van der Waals surface area contributed by atoms with Gasteiger partial charge in [0, 0.05) is 37.6 Å². The van der Waals surface area contributed by atoms with Crippen molar-refractivity contribution in [3.05, 3.63) is 24.3 Å². The first-order valence-corrected chi connectivity index (χ1v) is 5.50. The van der Waals surface area contributed by atoms with Crippen LogP contribution in [0.4, 0.5) is 0 Å². The van der Waals surface area contributed by atoms with Gasteiger partial charge in [0.25, 0.3) is 5.91 Å². The predicted molar refractivity (Wildman–Crippen MR) is 60.0 cm³/mol. The Morgan fingerprint density at radius 2 is 2.31 bits per heavy atom. The smallest absolute Gasteiger partial charge is 0.274 e. The van der Waals surface area contributed by atoms with Crippen LogP contribution in [0.3, 0.4) is 0 Å². The molecule has 1 amide bonds. The van der Waals surface area contributed by atoms with Crippen LogP contribution in [0.2, 0.25) is 0 Å². The van der Waals surface area contributed by atoms with E-state index in [2.05, 4.69) is 22.2 Å². The van der Waals surface area contributed by atoms with Gasteiger partial charge < -0.3 is 10.2 Å². The Labute approximate surface area is 94.9 Å². The number of amides is 1. The van der Waals surface area contributed by atoms with Crippen LogP contribution in [0.5, 0.6) is 0 Å². The third-order valence-corrected chi connectivity index (χ3v) is 3.08. The Kier molecular flexibility index (Phi) is 3.14. The van der Waals surface area contributed by atoms with Crippen LogP contribution < -0.4 is 5.32 Å². The summed E-state index contributed by atoms with van der Waals surface area (Å²) in [6, 6.07) is 0.498. The molecule has 0 bridgehead atoms. The summed E-state index contributed by atoms with van der Waals surface area (Å²) in [5.41, 5.74) is 0.420. The van der Waals surface area contributed by atoms with Crippen LogP contribution >= 0.6 is 0 Å². The summed E-state index contributed by atoms with van der Waals surface area (Å²) in [7, 11) is 0. The van der Waals surface area contributed by atoms with E-state index in [9.17, 15) is 4.79 Å². The fraction of sp³-hybridized carbons (Fsp3) is 0.545. The number of carbonyl (C=O) groups excluding carboxylic acids is 1. The lowest BCUT2D eigenvalue weighted by Gasteiger charge is -2.38. The van der Waals surface area contributed by atoms with Crippen LogP contribution in [0.25, 0.3) is 0 Å². The predicted octanol–water partition coefficient (Wildman–Crippen LogP) is 0.299. The molecular formula is C11H16N4O. The Hall–Kier alpha value is -1.49. The SMILES string of the molecule is CC1NCCN(C(=O)c2cnccn2)C1C. The number of nitrogens with zero attached hydrogens (tertiary/aromatic N) is 3. The second-order valence-electron chi connectivity index (χ2n) is 4.07. The van der Waals surface area contributed by atoms with Crippen molar-refractivity contribution < 1.29 is 4.79 Å². The quantitative estimate of drug-likeness (QED) is 0.739. The van der Waals surface area contributed by atoms with Gasteiger partial charge in [-0.15, -0.1) is 0 Å². The van der Waals surface area contributed by atoms with E-state index in [-0.39, 0.29) is 11.9 Å². The molecule has 1 aromatic heterocycles. The van der Waals surface area contributed by atoms with Gasteiger partial charge in [-0.2, -0.15) is 0 Å². The van der Waals surface area contributed by atoms with Crippen molar-refractivity contribution in [3.8, 4) is 0 Å². The zero-order valence-corrected chi connectivity index (χ0v) is 9.55. The normalized spacial score (nSPS) is 25.5. The second-order valence-corrected chi connectivity index (χ2v) is 4.07.